The molecule has 1 N–H and O–H groups in total. The molecule has 6 heteroatoms. The largest absolute Gasteiger partial charge is 0.363 e. The Labute approximate surface area is 97.3 Å². The molecule has 4 nitrogen and oxygen atoms in total. The molecule has 0 saturated carbocycles. The van der Waals surface area contributed by atoms with Crippen molar-refractivity contribution in [3.05, 3.63) is 28.7 Å². The van der Waals surface area contributed by atoms with Gasteiger partial charge in [-0.15, -0.1) is 6.58 Å². The molecule has 0 aliphatic carbocycles. The predicted molar refractivity (Wildman–Crippen MR) is 60.7 cm³/mol. The lowest BCUT2D eigenvalue weighted by molar-refractivity contribution is 0.111. The van der Waals surface area contributed by atoms with Crippen LogP contribution in [-0.2, 0) is 0 Å². The summed E-state index contributed by atoms with van der Waals surface area (Å²) < 4.78 is 0. The van der Waals surface area contributed by atoms with E-state index in [0.29, 0.717) is 12.1 Å². The number of aromatic nitrogens is 2. The van der Waals surface area contributed by atoms with Crippen molar-refractivity contribution in [3.63, 3.8) is 0 Å². The number of carbonyl (C=O) groups excluding carboxylic acids is 1. The molecule has 80 valence electrons. The number of anilines is 1. The van der Waals surface area contributed by atoms with Crippen LogP contribution in [0.2, 0.25) is 10.3 Å². The summed E-state index contributed by atoms with van der Waals surface area (Å²) in [6.45, 7) is 5.46. The summed E-state index contributed by atoms with van der Waals surface area (Å²) in [5, 5.41) is 3.06. The van der Waals surface area contributed by atoms with Gasteiger partial charge in [0.1, 0.15) is 10.7 Å². The highest BCUT2D eigenvalue weighted by atomic mass is 35.5. The van der Waals surface area contributed by atoms with Crippen molar-refractivity contribution in [2.75, 3.05) is 5.32 Å². The zero-order valence-corrected chi connectivity index (χ0v) is 9.51. The van der Waals surface area contributed by atoms with E-state index in [9.17, 15) is 4.79 Å². The van der Waals surface area contributed by atoms with Crippen molar-refractivity contribution in [2.45, 2.75) is 13.0 Å². The summed E-state index contributed by atoms with van der Waals surface area (Å²) in [5.74, 6) is 0.325. The average Bonchev–Trinajstić information content (AvgIpc) is 2.22. The van der Waals surface area contributed by atoms with Crippen LogP contribution in [-0.4, -0.2) is 22.3 Å². The van der Waals surface area contributed by atoms with Crippen LogP contribution in [0.25, 0.3) is 0 Å². The molecule has 1 heterocycles. The summed E-state index contributed by atoms with van der Waals surface area (Å²) >= 11 is 11.5. The van der Waals surface area contributed by atoms with Crippen LogP contribution < -0.4 is 5.32 Å². The monoisotopic (exact) mass is 245 g/mol. The number of carbonyl (C=O) groups is 1. The van der Waals surface area contributed by atoms with Crippen LogP contribution in [0.3, 0.4) is 0 Å². The summed E-state index contributed by atoms with van der Waals surface area (Å²) in [6, 6.07) is -0.0343. The van der Waals surface area contributed by atoms with Gasteiger partial charge in [0.25, 0.3) is 0 Å². The first-order valence-corrected chi connectivity index (χ1v) is 4.91. The lowest BCUT2D eigenvalue weighted by atomic mass is 10.3. The topological polar surface area (TPSA) is 54.9 Å². The molecule has 0 bridgehead atoms. The maximum absolute atomic E-state index is 10.6. The Hall–Kier alpha value is -1.13. The summed E-state index contributed by atoms with van der Waals surface area (Å²) in [7, 11) is 0. The zero-order valence-electron chi connectivity index (χ0n) is 8.00. The van der Waals surface area contributed by atoms with Crippen LogP contribution in [0, 0.1) is 0 Å². The van der Waals surface area contributed by atoms with E-state index < -0.39 is 0 Å². The number of hydrogen-bond donors (Lipinski definition) is 1. The average molecular weight is 246 g/mol. The smallest absolute Gasteiger partial charge is 0.225 e. The maximum atomic E-state index is 10.6. The van der Waals surface area contributed by atoms with Crippen molar-refractivity contribution < 1.29 is 4.79 Å². The van der Waals surface area contributed by atoms with Gasteiger partial charge in [-0.05, 0) is 18.5 Å². The number of hydrogen-bond acceptors (Lipinski definition) is 4. The molecule has 0 fully saturated rings. The molecule has 0 aromatic carbocycles. The van der Waals surface area contributed by atoms with Gasteiger partial charge in [-0.3, -0.25) is 4.79 Å². The Morgan fingerprint density at radius 1 is 1.47 bits per heavy atom. The fourth-order valence-corrected chi connectivity index (χ4v) is 1.24. The van der Waals surface area contributed by atoms with Crippen LogP contribution in [0.5, 0.6) is 0 Å². The third kappa shape index (κ3) is 2.91. The van der Waals surface area contributed by atoms with E-state index in [1.54, 1.807) is 6.08 Å². The highest BCUT2D eigenvalue weighted by molar-refractivity contribution is 6.35. The summed E-state index contributed by atoms with van der Waals surface area (Å²) in [4.78, 5) is 18.2. The van der Waals surface area contributed by atoms with Gasteiger partial charge in [0.15, 0.2) is 12.1 Å². The van der Waals surface area contributed by atoms with E-state index in [1.807, 2.05) is 6.92 Å². The van der Waals surface area contributed by atoms with Gasteiger partial charge in [0.2, 0.25) is 5.28 Å². The number of aldehydes is 1. The molecule has 1 atom stereocenters. The molecule has 0 saturated heterocycles. The molecule has 0 aliphatic heterocycles. The fourth-order valence-electron chi connectivity index (χ4n) is 0.884. The van der Waals surface area contributed by atoms with Gasteiger partial charge in [0, 0.05) is 6.04 Å². The van der Waals surface area contributed by atoms with Gasteiger partial charge < -0.3 is 5.32 Å². The molecule has 15 heavy (non-hydrogen) atoms. The van der Waals surface area contributed by atoms with Crippen LogP contribution in [0.4, 0.5) is 5.82 Å². The van der Waals surface area contributed by atoms with Gasteiger partial charge >= 0.3 is 0 Å². The molecule has 1 aromatic heterocycles. The standard InChI is InChI=1S/C9H9Cl2N3O/c1-3-5(2)12-8-7(10)6(4-15)13-9(11)14-8/h3-5H,1H2,2H3,(H,12,13,14). The minimum absolute atomic E-state index is 0.0275. The Bertz CT molecular complexity index is 395. The fraction of sp³-hybridized carbons (Fsp3) is 0.222. The molecule has 1 unspecified atom stereocenters. The minimum atomic E-state index is -0.0343. The summed E-state index contributed by atoms with van der Waals surface area (Å²) in [5.41, 5.74) is 0.0652. The summed E-state index contributed by atoms with van der Waals surface area (Å²) in [6.07, 6.45) is 2.20. The van der Waals surface area contributed by atoms with E-state index in [1.165, 1.54) is 0 Å². The van der Waals surface area contributed by atoms with Gasteiger partial charge in [-0.1, -0.05) is 17.7 Å². The van der Waals surface area contributed by atoms with Gasteiger partial charge in [0.05, 0.1) is 0 Å². The Morgan fingerprint density at radius 3 is 2.67 bits per heavy atom. The van der Waals surface area contributed by atoms with Crippen molar-refractivity contribution in [1.29, 1.82) is 0 Å². The third-order valence-corrected chi connectivity index (χ3v) is 2.22. The SMILES string of the molecule is C=CC(C)Nc1nc(Cl)nc(C=O)c1Cl. The highest BCUT2D eigenvalue weighted by Gasteiger charge is 2.12. The molecule has 0 spiro atoms. The Morgan fingerprint density at radius 2 is 2.13 bits per heavy atom. The van der Waals surface area contributed by atoms with E-state index in [2.05, 4.69) is 21.9 Å². The van der Waals surface area contributed by atoms with Gasteiger partial charge in [-0.25, -0.2) is 4.98 Å². The highest BCUT2D eigenvalue weighted by Crippen LogP contribution is 2.23. The third-order valence-electron chi connectivity index (χ3n) is 1.68. The van der Waals surface area contributed by atoms with E-state index in [0.717, 1.165) is 0 Å². The molecule has 1 aromatic rings. The molecule has 0 aliphatic rings. The second kappa shape index (κ2) is 5.09. The molecular weight excluding hydrogens is 237 g/mol. The maximum Gasteiger partial charge on any atom is 0.225 e. The second-order valence-corrected chi connectivity index (χ2v) is 3.54. The number of nitrogens with one attached hydrogen (secondary N) is 1. The van der Waals surface area contributed by atoms with E-state index in [-0.39, 0.29) is 22.0 Å². The number of rotatable bonds is 4. The Balaban J connectivity index is 3.11. The normalized spacial score (nSPS) is 11.9. The Kier molecular flexibility index (Phi) is 4.05. The van der Waals surface area contributed by atoms with Crippen LogP contribution in [0.15, 0.2) is 12.7 Å². The lowest BCUT2D eigenvalue weighted by Gasteiger charge is -2.11. The van der Waals surface area contributed by atoms with Crippen molar-refractivity contribution >= 4 is 35.3 Å². The first-order chi connectivity index (χ1) is 7.08. The quantitative estimate of drug-likeness (QED) is 0.504. The molecule has 0 radical (unpaired) electrons. The molecular formula is C9H9Cl2N3O. The van der Waals surface area contributed by atoms with Crippen molar-refractivity contribution in [1.82, 2.24) is 9.97 Å². The predicted octanol–water partition coefficient (Wildman–Crippen LogP) is 2.58. The van der Waals surface area contributed by atoms with Gasteiger partial charge in [-0.2, -0.15) is 4.98 Å². The molecule has 1 rings (SSSR count). The minimum Gasteiger partial charge on any atom is -0.363 e. The number of halogens is 2. The van der Waals surface area contributed by atoms with Crippen molar-refractivity contribution in [3.8, 4) is 0 Å². The number of nitrogens with zero attached hydrogens (tertiary/aromatic N) is 2. The first kappa shape index (κ1) is 11.9. The van der Waals surface area contributed by atoms with E-state index >= 15 is 0 Å². The first-order valence-electron chi connectivity index (χ1n) is 4.15. The lowest BCUT2D eigenvalue weighted by Crippen LogP contribution is -2.14. The zero-order chi connectivity index (χ0) is 11.4. The molecule has 0 amide bonds. The van der Waals surface area contributed by atoms with Crippen LogP contribution >= 0.6 is 23.2 Å². The van der Waals surface area contributed by atoms with Crippen LogP contribution in [0.1, 0.15) is 17.4 Å². The second-order valence-electron chi connectivity index (χ2n) is 2.83. The van der Waals surface area contributed by atoms with E-state index in [4.69, 9.17) is 23.2 Å². The van der Waals surface area contributed by atoms with Crippen molar-refractivity contribution in [2.24, 2.45) is 0 Å².